The Kier molecular flexibility index (Phi) is 5.56. The zero-order valence-corrected chi connectivity index (χ0v) is 10.1. The normalized spacial score (nSPS) is 11.6. The van der Waals surface area contributed by atoms with Crippen LogP contribution in [0.3, 0.4) is 0 Å². The van der Waals surface area contributed by atoms with Crippen LogP contribution in [-0.2, 0) is 4.79 Å². The first-order chi connectivity index (χ1) is 8.58. The van der Waals surface area contributed by atoms with Gasteiger partial charge in [-0.05, 0) is 18.4 Å². The van der Waals surface area contributed by atoms with Gasteiger partial charge in [-0.1, -0.05) is 6.92 Å². The maximum atomic E-state index is 11.4. The van der Waals surface area contributed by atoms with E-state index in [-0.39, 0.29) is 18.3 Å². The van der Waals surface area contributed by atoms with E-state index in [1.54, 1.807) is 6.07 Å². The molecule has 7 nitrogen and oxygen atoms in total. The molecule has 0 fully saturated rings. The lowest BCUT2D eigenvalue weighted by Gasteiger charge is -2.11. The first-order valence-corrected chi connectivity index (χ1v) is 5.61. The van der Waals surface area contributed by atoms with Crippen LogP contribution in [-0.4, -0.2) is 33.6 Å². The van der Waals surface area contributed by atoms with Crippen molar-refractivity contribution in [3.63, 3.8) is 0 Å². The molecule has 18 heavy (non-hydrogen) atoms. The molecular weight excluding hydrogens is 236 g/mol. The molecule has 0 saturated heterocycles. The Labute approximate surface area is 105 Å². The number of hydrogen-bond acceptors (Lipinski definition) is 4. The fourth-order valence-electron chi connectivity index (χ4n) is 1.25. The summed E-state index contributed by atoms with van der Waals surface area (Å²) in [6, 6.07) is 1.25. The highest BCUT2D eigenvalue weighted by molar-refractivity contribution is 5.87. The van der Waals surface area contributed by atoms with Gasteiger partial charge in [0.1, 0.15) is 0 Å². The van der Waals surface area contributed by atoms with Gasteiger partial charge in [-0.2, -0.15) is 0 Å². The fourth-order valence-corrected chi connectivity index (χ4v) is 1.25. The Morgan fingerprint density at radius 3 is 2.67 bits per heavy atom. The summed E-state index contributed by atoms with van der Waals surface area (Å²) in [5.41, 5.74) is 0. The zero-order chi connectivity index (χ0) is 13.4. The third-order valence-electron chi connectivity index (χ3n) is 2.25. The molecule has 1 aromatic rings. The minimum Gasteiger partial charge on any atom is -0.481 e. The van der Waals surface area contributed by atoms with Crippen molar-refractivity contribution in [2.24, 2.45) is 5.92 Å². The molecule has 1 unspecified atom stereocenters. The molecule has 0 aromatic carbocycles. The molecule has 0 saturated carbocycles. The number of hydrogen-bond donors (Lipinski definition) is 3. The quantitative estimate of drug-likeness (QED) is 0.703. The van der Waals surface area contributed by atoms with Crippen molar-refractivity contribution in [2.45, 2.75) is 19.8 Å². The van der Waals surface area contributed by atoms with E-state index in [1.165, 1.54) is 12.4 Å². The van der Waals surface area contributed by atoms with Gasteiger partial charge in [0.25, 0.3) is 0 Å². The van der Waals surface area contributed by atoms with Crippen LogP contribution >= 0.6 is 0 Å². The maximum absolute atomic E-state index is 11.4. The number of nitrogens with one attached hydrogen (secondary N) is 2. The Hall–Kier alpha value is -2.18. The van der Waals surface area contributed by atoms with Crippen LogP contribution in [0.25, 0.3) is 0 Å². The Morgan fingerprint density at radius 2 is 2.06 bits per heavy atom. The van der Waals surface area contributed by atoms with Crippen LogP contribution < -0.4 is 10.6 Å². The van der Waals surface area contributed by atoms with Gasteiger partial charge in [0, 0.05) is 25.4 Å². The number of carbonyl (C=O) groups excluding carboxylic acids is 1. The van der Waals surface area contributed by atoms with Crippen LogP contribution in [0.5, 0.6) is 0 Å². The third-order valence-corrected chi connectivity index (χ3v) is 2.25. The van der Waals surface area contributed by atoms with Gasteiger partial charge in [-0.3, -0.25) is 10.1 Å². The number of nitrogens with zero attached hydrogens (tertiary/aromatic N) is 2. The van der Waals surface area contributed by atoms with Gasteiger partial charge in [0.2, 0.25) is 5.95 Å². The highest BCUT2D eigenvalue weighted by Gasteiger charge is 2.08. The number of aliphatic carboxylic acids is 1. The number of anilines is 1. The first kappa shape index (κ1) is 13.9. The number of carbonyl (C=O) groups is 2. The van der Waals surface area contributed by atoms with E-state index >= 15 is 0 Å². The molecular formula is C11H16N4O3. The van der Waals surface area contributed by atoms with Crippen LogP contribution in [0.4, 0.5) is 10.7 Å². The summed E-state index contributed by atoms with van der Waals surface area (Å²) < 4.78 is 0. The van der Waals surface area contributed by atoms with Crippen molar-refractivity contribution in [2.75, 3.05) is 11.9 Å². The van der Waals surface area contributed by atoms with Crippen molar-refractivity contribution < 1.29 is 14.7 Å². The molecule has 7 heteroatoms. The Balaban J connectivity index is 2.23. The van der Waals surface area contributed by atoms with E-state index in [4.69, 9.17) is 5.11 Å². The minimum atomic E-state index is -0.830. The SMILES string of the molecule is CC(CCC(=O)O)CNC(=O)Nc1ncccn1. The molecule has 0 spiro atoms. The summed E-state index contributed by atoms with van der Waals surface area (Å²) in [6.07, 6.45) is 3.68. The molecule has 0 bridgehead atoms. The summed E-state index contributed by atoms with van der Waals surface area (Å²) in [5, 5.41) is 13.6. The van der Waals surface area contributed by atoms with Crippen LogP contribution in [0.2, 0.25) is 0 Å². The second-order valence-electron chi connectivity index (χ2n) is 3.95. The van der Waals surface area contributed by atoms with E-state index in [9.17, 15) is 9.59 Å². The summed E-state index contributed by atoms with van der Waals surface area (Å²) in [4.78, 5) is 29.5. The molecule has 1 heterocycles. The number of amides is 2. The molecule has 0 aliphatic carbocycles. The van der Waals surface area contributed by atoms with E-state index in [0.717, 1.165) is 0 Å². The first-order valence-electron chi connectivity index (χ1n) is 5.61. The standard InChI is InChI=1S/C11H16N4O3/c1-8(3-4-9(16)17)7-14-11(18)15-10-12-5-2-6-13-10/h2,5-6,8H,3-4,7H2,1H3,(H,16,17)(H2,12,13,14,15,18). The molecule has 3 N–H and O–H groups in total. The number of rotatable bonds is 6. The lowest BCUT2D eigenvalue weighted by molar-refractivity contribution is -0.137. The van der Waals surface area contributed by atoms with Crippen molar-refractivity contribution >= 4 is 17.9 Å². The largest absolute Gasteiger partial charge is 0.481 e. The molecule has 0 radical (unpaired) electrons. The van der Waals surface area contributed by atoms with Crippen molar-refractivity contribution in [3.05, 3.63) is 18.5 Å². The van der Waals surface area contributed by atoms with Crippen molar-refractivity contribution in [3.8, 4) is 0 Å². The average molecular weight is 252 g/mol. The van der Waals surface area contributed by atoms with Crippen LogP contribution in [0.1, 0.15) is 19.8 Å². The zero-order valence-electron chi connectivity index (χ0n) is 10.1. The highest BCUT2D eigenvalue weighted by Crippen LogP contribution is 2.03. The Morgan fingerprint density at radius 1 is 1.39 bits per heavy atom. The predicted octanol–water partition coefficient (Wildman–Crippen LogP) is 1.10. The van der Waals surface area contributed by atoms with Gasteiger partial charge in [0.05, 0.1) is 0 Å². The Bertz CT molecular complexity index is 397. The number of urea groups is 1. The molecule has 0 aliphatic heterocycles. The van der Waals surface area contributed by atoms with Crippen LogP contribution in [0, 0.1) is 5.92 Å². The van der Waals surface area contributed by atoms with Gasteiger partial charge in [-0.15, -0.1) is 0 Å². The topological polar surface area (TPSA) is 104 Å². The van der Waals surface area contributed by atoms with Crippen LogP contribution in [0.15, 0.2) is 18.5 Å². The lowest BCUT2D eigenvalue weighted by Crippen LogP contribution is -2.33. The van der Waals surface area contributed by atoms with E-state index in [2.05, 4.69) is 20.6 Å². The maximum Gasteiger partial charge on any atom is 0.321 e. The van der Waals surface area contributed by atoms with Gasteiger partial charge in [0.15, 0.2) is 0 Å². The summed E-state index contributed by atoms with van der Waals surface area (Å²) in [6.45, 7) is 2.29. The molecule has 1 atom stereocenters. The van der Waals surface area contributed by atoms with E-state index in [0.29, 0.717) is 13.0 Å². The van der Waals surface area contributed by atoms with Gasteiger partial charge >= 0.3 is 12.0 Å². The van der Waals surface area contributed by atoms with Gasteiger partial charge < -0.3 is 10.4 Å². The highest BCUT2D eigenvalue weighted by atomic mass is 16.4. The van der Waals surface area contributed by atoms with E-state index in [1.807, 2.05) is 6.92 Å². The second-order valence-corrected chi connectivity index (χ2v) is 3.95. The smallest absolute Gasteiger partial charge is 0.321 e. The monoisotopic (exact) mass is 252 g/mol. The number of carboxylic acid groups (broad SMARTS) is 1. The predicted molar refractivity (Wildman–Crippen MR) is 65.1 cm³/mol. The summed E-state index contributed by atoms with van der Waals surface area (Å²) in [5.74, 6) is -0.499. The lowest BCUT2D eigenvalue weighted by atomic mass is 10.1. The molecule has 2 amide bonds. The minimum absolute atomic E-state index is 0.101. The third kappa shape index (κ3) is 5.78. The summed E-state index contributed by atoms with van der Waals surface area (Å²) >= 11 is 0. The molecule has 98 valence electrons. The van der Waals surface area contributed by atoms with Crippen molar-refractivity contribution in [1.82, 2.24) is 15.3 Å². The second kappa shape index (κ2) is 7.21. The molecule has 0 aliphatic rings. The number of aromatic nitrogens is 2. The fraction of sp³-hybridized carbons (Fsp3) is 0.455. The molecule has 1 aromatic heterocycles. The average Bonchev–Trinajstić information content (AvgIpc) is 2.35. The number of carboxylic acids is 1. The summed E-state index contributed by atoms with van der Waals surface area (Å²) in [7, 11) is 0. The van der Waals surface area contributed by atoms with Crippen molar-refractivity contribution in [1.29, 1.82) is 0 Å². The molecule has 1 rings (SSSR count). The van der Waals surface area contributed by atoms with E-state index < -0.39 is 12.0 Å². The van der Waals surface area contributed by atoms with Gasteiger partial charge in [-0.25, -0.2) is 14.8 Å².